The van der Waals surface area contributed by atoms with Crippen molar-refractivity contribution in [3.05, 3.63) is 51.8 Å². The smallest absolute Gasteiger partial charge is 0.210 e. The molecule has 0 fully saturated rings. The van der Waals surface area contributed by atoms with Crippen LogP contribution in [-0.4, -0.2) is 15.0 Å². The molecule has 0 radical (unpaired) electrons. The number of rotatable bonds is 5. The summed E-state index contributed by atoms with van der Waals surface area (Å²) in [4.78, 5) is 0. The van der Waals surface area contributed by atoms with E-state index in [0.717, 1.165) is 9.35 Å². The van der Waals surface area contributed by atoms with Gasteiger partial charge in [0.25, 0.3) is 0 Å². The van der Waals surface area contributed by atoms with Crippen molar-refractivity contribution in [2.45, 2.75) is 23.5 Å². The Hall–Kier alpha value is -0.690. The Morgan fingerprint density at radius 2 is 1.80 bits per heavy atom. The van der Waals surface area contributed by atoms with E-state index in [1.807, 2.05) is 44.2 Å². The lowest BCUT2D eigenvalue weighted by molar-refractivity contribution is 0.502. The maximum Gasteiger partial charge on any atom is 0.250 e. The molecule has 1 aromatic heterocycles. The second-order valence-electron chi connectivity index (χ2n) is 5.13. The molecule has 20 heavy (non-hydrogen) atoms. The third kappa shape index (κ3) is 3.69. The van der Waals surface area contributed by atoms with Crippen LogP contribution in [0.1, 0.15) is 19.4 Å². The molecule has 2 rings (SSSR count). The van der Waals surface area contributed by atoms with Crippen LogP contribution in [0.4, 0.5) is 0 Å². The molecule has 0 aliphatic heterocycles. The number of nitrogens with one attached hydrogen (secondary N) is 1. The number of sulfonamides is 1. The lowest BCUT2D eigenvalue weighted by Crippen LogP contribution is -2.36. The third-order valence-corrected chi connectivity index (χ3v) is 6.59. The highest BCUT2D eigenvalue weighted by molar-refractivity contribution is 9.11. The number of hydrogen-bond acceptors (Lipinski definition) is 3. The highest BCUT2D eigenvalue weighted by Crippen LogP contribution is 2.27. The average Bonchev–Trinajstić information content (AvgIpc) is 2.85. The van der Waals surface area contributed by atoms with E-state index in [4.69, 9.17) is 0 Å². The van der Waals surface area contributed by atoms with Gasteiger partial charge in [-0.3, -0.25) is 0 Å². The molecule has 0 bridgehead atoms. The van der Waals surface area contributed by atoms with Crippen molar-refractivity contribution < 1.29 is 8.42 Å². The summed E-state index contributed by atoms with van der Waals surface area (Å²) in [6, 6.07) is 13.2. The van der Waals surface area contributed by atoms with Gasteiger partial charge in [-0.05, 0) is 33.6 Å². The molecule has 1 heterocycles. The van der Waals surface area contributed by atoms with Gasteiger partial charge in [0.15, 0.2) is 0 Å². The molecule has 3 nitrogen and oxygen atoms in total. The van der Waals surface area contributed by atoms with Crippen LogP contribution in [0.25, 0.3) is 0 Å². The van der Waals surface area contributed by atoms with E-state index >= 15 is 0 Å². The van der Waals surface area contributed by atoms with Gasteiger partial charge < -0.3 is 0 Å². The Labute approximate surface area is 132 Å². The van der Waals surface area contributed by atoms with E-state index < -0.39 is 10.0 Å². The highest BCUT2D eigenvalue weighted by Gasteiger charge is 2.24. The van der Waals surface area contributed by atoms with Crippen molar-refractivity contribution in [2.75, 3.05) is 6.54 Å². The number of thiophene rings is 1. The fourth-order valence-corrected chi connectivity index (χ4v) is 5.05. The number of benzene rings is 1. The summed E-state index contributed by atoms with van der Waals surface area (Å²) in [5.41, 5.74) is 0.845. The minimum atomic E-state index is -3.44. The minimum Gasteiger partial charge on any atom is -0.210 e. The summed E-state index contributed by atoms with van der Waals surface area (Å²) in [5, 5.41) is 0. The maximum absolute atomic E-state index is 12.2. The van der Waals surface area contributed by atoms with Crippen LogP contribution in [0.2, 0.25) is 0 Å². The van der Waals surface area contributed by atoms with Gasteiger partial charge in [0.05, 0.1) is 3.79 Å². The Bertz CT molecular complexity index is 678. The minimum absolute atomic E-state index is 0.261. The van der Waals surface area contributed by atoms with Crippen LogP contribution in [0.3, 0.4) is 0 Å². The monoisotopic (exact) mass is 373 g/mol. The topological polar surface area (TPSA) is 46.2 Å². The Morgan fingerprint density at radius 3 is 2.35 bits per heavy atom. The fourth-order valence-electron chi connectivity index (χ4n) is 1.78. The molecular weight excluding hydrogens is 358 g/mol. The predicted octanol–water partition coefficient (Wildman–Crippen LogP) is 3.77. The largest absolute Gasteiger partial charge is 0.250 e. The second kappa shape index (κ2) is 5.97. The highest BCUT2D eigenvalue weighted by atomic mass is 79.9. The molecule has 108 valence electrons. The molecule has 1 N–H and O–H groups in total. The Morgan fingerprint density at radius 1 is 1.15 bits per heavy atom. The van der Waals surface area contributed by atoms with Gasteiger partial charge in [0.2, 0.25) is 10.0 Å². The summed E-state index contributed by atoms with van der Waals surface area (Å²) >= 11 is 4.49. The summed E-state index contributed by atoms with van der Waals surface area (Å²) < 4.78 is 28.2. The van der Waals surface area contributed by atoms with E-state index in [1.165, 1.54) is 11.3 Å². The summed E-state index contributed by atoms with van der Waals surface area (Å²) in [6.07, 6.45) is 0. The van der Waals surface area contributed by atoms with Gasteiger partial charge >= 0.3 is 0 Å². The van der Waals surface area contributed by atoms with E-state index in [2.05, 4.69) is 20.7 Å². The summed E-state index contributed by atoms with van der Waals surface area (Å²) in [5.74, 6) is 0. The van der Waals surface area contributed by atoms with Crippen molar-refractivity contribution in [1.82, 2.24) is 4.72 Å². The molecule has 0 atom stereocenters. The molecule has 0 unspecified atom stereocenters. The zero-order chi connectivity index (χ0) is 14.8. The molecule has 6 heteroatoms. The van der Waals surface area contributed by atoms with E-state index in [-0.39, 0.29) is 5.41 Å². The van der Waals surface area contributed by atoms with Gasteiger partial charge in [-0.25, -0.2) is 13.1 Å². The van der Waals surface area contributed by atoms with Gasteiger partial charge in [0, 0.05) is 12.0 Å². The first-order chi connectivity index (χ1) is 9.31. The lowest BCUT2D eigenvalue weighted by atomic mass is 9.85. The van der Waals surface area contributed by atoms with Crippen LogP contribution >= 0.6 is 27.3 Å². The van der Waals surface area contributed by atoms with Crippen LogP contribution in [0.15, 0.2) is 50.5 Å². The molecular formula is C14H16BrNO2S2. The number of hydrogen-bond donors (Lipinski definition) is 1. The van der Waals surface area contributed by atoms with Crippen LogP contribution in [0, 0.1) is 0 Å². The fraction of sp³-hybridized carbons (Fsp3) is 0.286. The second-order valence-corrected chi connectivity index (χ2v) is 9.59. The van der Waals surface area contributed by atoms with Gasteiger partial charge in [-0.1, -0.05) is 44.2 Å². The first-order valence-electron chi connectivity index (χ1n) is 6.12. The quantitative estimate of drug-likeness (QED) is 0.866. The van der Waals surface area contributed by atoms with Crippen molar-refractivity contribution in [2.24, 2.45) is 0 Å². The van der Waals surface area contributed by atoms with Gasteiger partial charge in [-0.2, -0.15) is 0 Å². The molecule has 0 saturated heterocycles. The Kier molecular flexibility index (Phi) is 4.69. The summed E-state index contributed by atoms with van der Waals surface area (Å²) in [6.45, 7) is 4.40. The van der Waals surface area contributed by atoms with Crippen molar-refractivity contribution in [3.63, 3.8) is 0 Å². The van der Waals surface area contributed by atoms with Crippen LogP contribution < -0.4 is 4.72 Å². The first kappa shape index (κ1) is 15.7. The molecule has 0 saturated carbocycles. The van der Waals surface area contributed by atoms with E-state index in [9.17, 15) is 8.42 Å². The first-order valence-corrected chi connectivity index (χ1v) is 9.21. The van der Waals surface area contributed by atoms with E-state index in [1.54, 1.807) is 12.1 Å². The zero-order valence-electron chi connectivity index (χ0n) is 11.3. The summed E-state index contributed by atoms with van der Waals surface area (Å²) in [7, 11) is -3.44. The molecule has 1 aromatic carbocycles. The predicted molar refractivity (Wildman–Crippen MR) is 86.7 cm³/mol. The van der Waals surface area contributed by atoms with Crippen molar-refractivity contribution in [3.8, 4) is 0 Å². The molecule has 0 amide bonds. The van der Waals surface area contributed by atoms with E-state index in [0.29, 0.717) is 10.8 Å². The van der Waals surface area contributed by atoms with Crippen LogP contribution in [0.5, 0.6) is 0 Å². The molecule has 2 aromatic rings. The molecule has 0 spiro atoms. The lowest BCUT2D eigenvalue weighted by Gasteiger charge is -2.25. The number of halogens is 1. The SMILES string of the molecule is CC(C)(CNS(=O)(=O)c1ccc(Br)s1)c1ccccc1. The third-order valence-electron chi connectivity index (χ3n) is 3.07. The molecule has 0 aliphatic rings. The molecule has 0 aliphatic carbocycles. The Balaban J connectivity index is 2.12. The zero-order valence-corrected chi connectivity index (χ0v) is 14.5. The normalized spacial score (nSPS) is 12.6. The maximum atomic E-state index is 12.2. The van der Waals surface area contributed by atoms with Crippen LogP contribution in [-0.2, 0) is 15.4 Å². The van der Waals surface area contributed by atoms with Crippen molar-refractivity contribution in [1.29, 1.82) is 0 Å². The van der Waals surface area contributed by atoms with Gasteiger partial charge in [-0.15, -0.1) is 11.3 Å². The van der Waals surface area contributed by atoms with Crippen molar-refractivity contribution >= 4 is 37.3 Å². The van der Waals surface area contributed by atoms with Gasteiger partial charge in [0.1, 0.15) is 4.21 Å². The average molecular weight is 374 g/mol. The standard InChI is InChI=1S/C14H16BrNO2S2/c1-14(2,11-6-4-3-5-7-11)10-16-20(17,18)13-9-8-12(15)19-13/h3-9,16H,10H2,1-2H3.